The quantitative estimate of drug-likeness (QED) is 0.768. The number of amides is 1. The average Bonchev–Trinajstić information content (AvgIpc) is 3.45. The average molecular weight is 364 g/mol. The summed E-state index contributed by atoms with van der Waals surface area (Å²) in [6.45, 7) is 6.02. The maximum Gasteiger partial charge on any atom is 0.253 e. The number of aliphatic hydroxyl groups excluding tert-OH is 1. The van der Waals surface area contributed by atoms with Gasteiger partial charge in [0.2, 0.25) is 0 Å². The zero-order chi connectivity index (χ0) is 18.5. The number of rotatable bonds is 8. The number of halogens is 1. The summed E-state index contributed by atoms with van der Waals surface area (Å²) < 4.78 is 19.0. The van der Waals surface area contributed by atoms with Gasteiger partial charge in [-0.15, -0.1) is 0 Å². The van der Waals surface area contributed by atoms with Crippen LogP contribution >= 0.6 is 0 Å². The Morgan fingerprint density at radius 3 is 2.73 bits per heavy atom. The van der Waals surface area contributed by atoms with Crippen molar-refractivity contribution in [3.05, 3.63) is 35.6 Å². The summed E-state index contributed by atoms with van der Waals surface area (Å²) in [4.78, 5) is 17.0. The summed E-state index contributed by atoms with van der Waals surface area (Å²) in [7, 11) is 0. The highest BCUT2D eigenvalue weighted by molar-refractivity contribution is 5.94. The van der Waals surface area contributed by atoms with Crippen LogP contribution in [0.2, 0.25) is 0 Å². The molecule has 2 atom stereocenters. The van der Waals surface area contributed by atoms with Crippen molar-refractivity contribution in [3.63, 3.8) is 0 Å². The number of hydrogen-bond acceptors (Lipinski definition) is 4. The first-order chi connectivity index (χ1) is 12.5. The van der Waals surface area contributed by atoms with Gasteiger partial charge in [0.1, 0.15) is 5.82 Å². The van der Waals surface area contributed by atoms with Gasteiger partial charge in [-0.3, -0.25) is 9.69 Å². The maximum atomic E-state index is 13.1. The number of carbonyl (C=O) groups excluding carboxylic acids is 1. The van der Waals surface area contributed by atoms with Crippen LogP contribution in [-0.4, -0.2) is 72.4 Å². The molecule has 2 fully saturated rings. The zero-order valence-electron chi connectivity index (χ0n) is 15.4. The van der Waals surface area contributed by atoms with Crippen molar-refractivity contribution in [1.29, 1.82) is 0 Å². The Bertz CT molecular complexity index is 591. The number of ether oxygens (including phenoxy) is 1. The van der Waals surface area contributed by atoms with Gasteiger partial charge in [0.25, 0.3) is 5.91 Å². The fourth-order valence-electron chi connectivity index (χ4n) is 3.36. The van der Waals surface area contributed by atoms with Crippen LogP contribution in [0.4, 0.5) is 4.39 Å². The van der Waals surface area contributed by atoms with E-state index < -0.39 is 0 Å². The number of nitrogens with zero attached hydrogens (tertiary/aromatic N) is 2. The lowest BCUT2D eigenvalue weighted by molar-refractivity contribution is -0.0509. The lowest BCUT2D eigenvalue weighted by Crippen LogP contribution is -2.50. The van der Waals surface area contributed by atoms with Crippen molar-refractivity contribution in [2.75, 3.05) is 39.3 Å². The molecule has 0 unspecified atom stereocenters. The van der Waals surface area contributed by atoms with Crippen LogP contribution in [0.15, 0.2) is 24.3 Å². The topological polar surface area (TPSA) is 53.0 Å². The van der Waals surface area contributed by atoms with Crippen molar-refractivity contribution in [1.82, 2.24) is 9.80 Å². The second-order valence-electron chi connectivity index (χ2n) is 7.47. The molecular weight excluding hydrogens is 335 g/mol. The molecule has 1 saturated carbocycles. The molecule has 1 aromatic rings. The smallest absolute Gasteiger partial charge is 0.253 e. The third kappa shape index (κ3) is 5.50. The Morgan fingerprint density at radius 1 is 1.35 bits per heavy atom. The number of carbonyl (C=O) groups is 1. The van der Waals surface area contributed by atoms with Crippen LogP contribution < -0.4 is 0 Å². The molecule has 6 heteroatoms. The molecule has 3 rings (SSSR count). The molecule has 1 heterocycles. The van der Waals surface area contributed by atoms with Gasteiger partial charge in [0.15, 0.2) is 0 Å². The minimum absolute atomic E-state index is 0.0593. The summed E-state index contributed by atoms with van der Waals surface area (Å²) in [6.07, 6.45) is 2.67. The van der Waals surface area contributed by atoms with E-state index in [0.717, 1.165) is 38.9 Å². The van der Waals surface area contributed by atoms with Crippen molar-refractivity contribution >= 4 is 5.91 Å². The minimum Gasteiger partial charge on any atom is -0.392 e. The number of aliphatic hydroxyl groups is 1. The van der Waals surface area contributed by atoms with E-state index in [1.54, 1.807) is 12.1 Å². The predicted molar refractivity (Wildman–Crippen MR) is 97.5 cm³/mol. The van der Waals surface area contributed by atoms with Gasteiger partial charge < -0.3 is 14.7 Å². The number of morpholine rings is 1. The molecule has 1 aromatic carbocycles. The van der Waals surface area contributed by atoms with Crippen LogP contribution in [0, 0.1) is 11.7 Å². The van der Waals surface area contributed by atoms with Crippen LogP contribution in [0.25, 0.3) is 0 Å². The number of hydrogen-bond donors (Lipinski definition) is 1. The molecule has 0 aromatic heterocycles. The Balaban J connectivity index is 1.62. The molecule has 1 N–H and O–H groups in total. The van der Waals surface area contributed by atoms with Gasteiger partial charge >= 0.3 is 0 Å². The summed E-state index contributed by atoms with van der Waals surface area (Å²) in [6, 6.07) is 5.74. The fourth-order valence-corrected chi connectivity index (χ4v) is 3.36. The molecule has 0 bridgehead atoms. The molecule has 26 heavy (non-hydrogen) atoms. The molecule has 5 nitrogen and oxygen atoms in total. The Morgan fingerprint density at radius 2 is 2.08 bits per heavy atom. The first kappa shape index (κ1) is 19.3. The molecule has 1 aliphatic heterocycles. The van der Waals surface area contributed by atoms with Crippen molar-refractivity contribution in [2.24, 2.45) is 5.92 Å². The van der Waals surface area contributed by atoms with Gasteiger partial charge in [-0.25, -0.2) is 4.39 Å². The Hall–Kier alpha value is -1.50. The maximum absolute atomic E-state index is 13.1. The molecule has 144 valence electrons. The van der Waals surface area contributed by atoms with Gasteiger partial charge in [-0.1, -0.05) is 6.92 Å². The predicted octanol–water partition coefficient (Wildman–Crippen LogP) is 2.15. The SMILES string of the molecule is CC[C@@H](O)CN1CCO[C@@H](CN(CC2CC2)C(=O)c2ccc(F)cc2)C1. The van der Waals surface area contributed by atoms with Gasteiger partial charge in [0, 0.05) is 38.3 Å². The molecule has 0 spiro atoms. The lowest BCUT2D eigenvalue weighted by atomic mass is 10.1. The standard InChI is InChI=1S/C20H29FN2O3/c1-2-18(24)12-22-9-10-26-19(13-22)14-23(11-15-3-4-15)20(25)16-5-7-17(21)8-6-16/h5-8,15,18-19,24H,2-4,9-14H2,1H3/t18-,19-/m1/s1. The molecular formula is C20H29FN2O3. The Kier molecular flexibility index (Phi) is 6.62. The highest BCUT2D eigenvalue weighted by Gasteiger charge is 2.31. The van der Waals surface area contributed by atoms with E-state index >= 15 is 0 Å². The summed E-state index contributed by atoms with van der Waals surface area (Å²) in [5, 5.41) is 9.89. The monoisotopic (exact) mass is 364 g/mol. The second-order valence-corrected chi connectivity index (χ2v) is 7.47. The molecule has 2 aliphatic rings. The first-order valence-electron chi connectivity index (χ1n) is 9.62. The van der Waals surface area contributed by atoms with E-state index in [0.29, 0.717) is 31.2 Å². The lowest BCUT2D eigenvalue weighted by Gasteiger charge is -2.36. The number of benzene rings is 1. The first-order valence-corrected chi connectivity index (χ1v) is 9.62. The molecule has 0 radical (unpaired) electrons. The van der Waals surface area contributed by atoms with Crippen molar-refractivity contribution in [2.45, 2.75) is 38.4 Å². The van der Waals surface area contributed by atoms with Crippen LogP contribution in [0.3, 0.4) is 0 Å². The van der Waals surface area contributed by atoms with E-state index in [1.807, 2.05) is 11.8 Å². The van der Waals surface area contributed by atoms with E-state index in [2.05, 4.69) is 4.90 Å². The van der Waals surface area contributed by atoms with Crippen LogP contribution in [-0.2, 0) is 4.74 Å². The van der Waals surface area contributed by atoms with Crippen LogP contribution in [0.1, 0.15) is 36.5 Å². The van der Waals surface area contributed by atoms with E-state index in [-0.39, 0.29) is 23.9 Å². The summed E-state index contributed by atoms with van der Waals surface area (Å²) >= 11 is 0. The normalized spacial score (nSPS) is 22.2. The summed E-state index contributed by atoms with van der Waals surface area (Å²) in [5.41, 5.74) is 0.515. The summed E-state index contributed by atoms with van der Waals surface area (Å²) in [5.74, 6) is 0.170. The van der Waals surface area contributed by atoms with Gasteiger partial charge in [-0.2, -0.15) is 0 Å². The fraction of sp³-hybridized carbons (Fsp3) is 0.650. The van der Waals surface area contributed by atoms with E-state index in [1.165, 1.54) is 12.1 Å². The van der Waals surface area contributed by atoms with Crippen molar-refractivity contribution < 1.29 is 19.0 Å². The third-order valence-electron chi connectivity index (χ3n) is 5.14. The second kappa shape index (κ2) is 8.93. The van der Waals surface area contributed by atoms with Gasteiger partial charge in [-0.05, 0) is 49.4 Å². The molecule has 1 amide bonds. The van der Waals surface area contributed by atoms with Gasteiger partial charge in [0.05, 0.1) is 18.8 Å². The molecule has 1 saturated heterocycles. The highest BCUT2D eigenvalue weighted by Crippen LogP contribution is 2.30. The number of β-amino-alcohol motifs (C(OH)–C–C–N with tert-alkyl or cyclic N) is 1. The zero-order valence-corrected chi connectivity index (χ0v) is 15.4. The van der Waals surface area contributed by atoms with Crippen LogP contribution in [0.5, 0.6) is 0 Å². The largest absolute Gasteiger partial charge is 0.392 e. The minimum atomic E-state index is -0.337. The molecule has 1 aliphatic carbocycles. The van der Waals surface area contributed by atoms with Crippen molar-refractivity contribution in [3.8, 4) is 0 Å². The third-order valence-corrected chi connectivity index (χ3v) is 5.14. The highest BCUT2D eigenvalue weighted by atomic mass is 19.1. The van der Waals surface area contributed by atoms with E-state index in [4.69, 9.17) is 4.74 Å². The Labute approximate surface area is 154 Å². The van der Waals surface area contributed by atoms with E-state index in [9.17, 15) is 14.3 Å².